The van der Waals surface area contributed by atoms with Crippen molar-refractivity contribution in [2.75, 3.05) is 34.5 Å². The van der Waals surface area contributed by atoms with Crippen molar-refractivity contribution in [1.29, 1.82) is 0 Å². The van der Waals surface area contributed by atoms with E-state index in [-0.39, 0.29) is 5.91 Å². The summed E-state index contributed by atoms with van der Waals surface area (Å²) in [5, 5.41) is 0.639. The molecule has 0 atom stereocenters. The Morgan fingerprint density at radius 3 is 2.46 bits per heavy atom. The number of aliphatic imine (C=N–C) groups is 1. The number of rotatable bonds is 7. The number of ether oxygens (including phenoxy) is 3. The summed E-state index contributed by atoms with van der Waals surface area (Å²) in [6.07, 6.45) is 1.84. The van der Waals surface area contributed by atoms with E-state index in [1.54, 1.807) is 26.2 Å². The normalized spacial score (nSPS) is 16.8. The molecule has 1 fully saturated rings. The molecule has 0 aliphatic carbocycles. The SMILES string of the molecule is COCCN1C(=O)C(=Cc2ccc(OC)c(OC)c2)SC1=Nc1ccccc1. The van der Waals surface area contributed by atoms with Crippen molar-refractivity contribution in [3.63, 3.8) is 0 Å². The Labute approximate surface area is 168 Å². The molecule has 1 saturated heterocycles. The highest BCUT2D eigenvalue weighted by Crippen LogP contribution is 2.35. The lowest BCUT2D eigenvalue weighted by atomic mass is 10.2. The number of benzene rings is 2. The molecule has 146 valence electrons. The minimum Gasteiger partial charge on any atom is -0.493 e. The molecule has 6 nitrogen and oxygen atoms in total. The molecule has 1 heterocycles. The zero-order valence-electron chi connectivity index (χ0n) is 16.0. The highest BCUT2D eigenvalue weighted by molar-refractivity contribution is 8.18. The van der Waals surface area contributed by atoms with E-state index in [1.807, 2.05) is 54.6 Å². The van der Waals surface area contributed by atoms with Crippen molar-refractivity contribution in [3.05, 3.63) is 59.0 Å². The highest BCUT2D eigenvalue weighted by Gasteiger charge is 2.33. The van der Waals surface area contributed by atoms with E-state index >= 15 is 0 Å². The summed E-state index contributed by atoms with van der Waals surface area (Å²) in [7, 11) is 4.79. The van der Waals surface area contributed by atoms with Crippen molar-refractivity contribution in [1.82, 2.24) is 4.90 Å². The van der Waals surface area contributed by atoms with Gasteiger partial charge in [0, 0.05) is 7.11 Å². The first-order chi connectivity index (χ1) is 13.7. The number of carbonyl (C=O) groups excluding carboxylic acids is 1. The van der Waals surface area contributed by atoms with Crippen LogP contribution in [-0.2, 0) is 9.53 Å². The van der Waals surface area contributed by atoms with Gasteiger partial charge in [-0.15, -0.1) is 0 Å². The molecule has 1 aliphatic rings. The van der Waals surface area contributed by atoms with Crippen LogP contribution in [0.1, 0.15) is 5.56 Å². The molecule has 0 bridgehead atoms. The number of thioether (sulfide) groups is 1. The molecule has 0 saturated carbocycles. The zero-order valence-corrected chi connectivity index (χ0v) is 16.9. The van der Waals surface area contributed by atoms with Gasteiger partial charge in [0.05, 0.1) is 38.0 Å². The summed E-state index contributed by atoms with van der Waals surface area (Å²) in [5.41, 5.74) is 1.65. The Morgan fingerprint density at radius 2 is 1.79 bits per heavy atom. The van der Waals surface area contributed by atoms with Gasteiger partial charge in [-0.3, -0.25) is 9.69 Å². The monoisotopic (exact) mass is 398 g/mol. The van der Waals surface area contributed by atoms with Gasteiger partial charge in [-0.1, -0.05) is 24.3 Å². The van der Waals surface area contributed by atoms with Gasteiger partial charge in [-0.25, -0.2) is 4.99 Å². The lowest BCUT2D eigenvalue weighted by molar-refractivity contribution is -0.122. The molecule has 7 heteroatoms. The minimum absolute atomic E-state index is 0.0912. The fourth-order valence-electron chi connectivity index (χ4n) is 2.68. The third-order valence-electron chi connectivity index (χ3n) is 4.09. The van der Waals surface area contributed by atoms with E-state index in [4.69, 9.17) is 14.2 Å². The Balaban J connectivity index is 1.93. The van der Waals surface area contributed by atoms with Crippen LogP contribution in [0.3, 0.4) is 0 Å². The van der Waals surface area contributed by atoms with Crippen LogP contribution in [0, 0.1) is 0 Å². The minimum atomic E-state index is -0.0912. The van der Waals surface area contributed by atoms with Gasteiger partial charge in [-0.2, -0.15) is 0 Å². The summed E-state index contributed by atoms with van der Waals surface area (Å²) in [4.78, 5) is 19.8. The van der Waals surface area contributed by atoms with Gasteiger partial charge >= 0.3 is 0 Å². The second-order valence-corrected chi connectivity index (χ2v) is 6.91. The fraction of sp³-hybridized carbons (Fsp3) is 0.238. The molecule has 0 aromatic heterocycles. The van der Waals surface area contributed by atoms with Crippen LogP contribution in [0.4, 0.5) is 5.69 Å². The van der Waals surface area contributed by atoms with Crippen molar-refractivity contribution in [2.45, 2.75) is 0 Å². The number of carbonyl (C=O) groups is 1. The predicted octanol–water partition coefficient (Wildman–Crippen LogP) is 3.95. The van der Waals surface area contributed by atoms with Gasteiger partial charge in [0.2, 0.25) is 0 Å². The average Bonchev–Trinajstić information content (AvgIpc) is 3.01. The van der Waals surface area contributed by atoms with Crippen molar-refractivity contribution < 1.29 is 19.0 Å². The number of amides is 1. The molecular formula is C21H22N2O4S. The van der Waals surface area contributed by atoms with Crippen LogP contribution < -0.4 is 9.47 Å². The van der Waals surface area contributed by atoms with Gasteiger partial charge < -0.3 is 14.2 Å². The quantitative estimate of drug-likeness (QED) is 0.661. The number of hydrogen-bond donors (Lipinski definition) is 0. The average molecular weight is 398 g/mol. The van der Waals surface area contributed by atoms with Crippen LogP contribution >= 0.6 is 11.8 Å². The number of methoxy groups -OCH3 is 3. The lowest BCUT2D eigenvalue weighted by Crippen LogP contribution is -2.32. The smallest absolute Gasteiger partial charge is 0.266 e. The van der Waals surface area contributed by atoms with Crippen molar-refractivity contribution >= 4 is 34.6 Å². The summed E-state index contributed by atoms with van der Waals surface area (Å²) in [6.45, 7) is 0.876. The Morgan fingerprint density at radius 1 is 1.04 bits per heavy atom. The molecule has 28 heavy (non-hydrogen) atoms. The summed E-state index contributed by atoms with van der Waals surface area (Å²) in [6, 6.07) is 15.1. The highest BCUT2D eigenvalue weighted by atomic mass is 32.2. The molecule has 2 aromatic carbocycles. The van der Waals surface area contributed by atoms with Crippen LogP contribution in [-0.4, -0.2) is 50.5 Å². The second-order valence-electron chi connectivity index (χ2n) is 5.90. The van der Waals surface area contributed by atoms with E-state index in [9.17, 15) is 4.79 Å². The summed E-state index contributed by atoms with van der Waals surface area (Å²) >= 11 is 1.35. The summed E-state index contributed by atoms with van der Waals surface area (Å²) < 4.78 is 15.8. The van der Waals surface area contributed by atoms with E-state index in [0.717, 1.165) is 11.3 Å². The molecule has 1 amide bonds. The third-order valence-corrected chi connectivity index (χ3v) is 5.10. The Bertz CT molecular complexity index is 897. The summed E-state index contributed by atoms with van der Waals surface area (Å²) in [5.74, 6) is 1.16. The van der Waals surface area contributed by atoms with E-state index in [0.29, 0.717) is 34.7 Å². The Hall–Kier alpha value is -2.77. The van der Waals surface area contributed by atoms with Crippen LogP contribution in [0.15, 0.2) is 58.4 Å². The van der Waals surface area contributed by atoms with Crippen molar-refractivity contribution in [2.24, 2.45) is 4.99 Å². The maximum absolute atomic E-state index is 12.9. The maximum Gasteiger partial charge on any atom is 0.266 e. The lowest BCUT2D eigenvalue weighted by Gasteiger charge is -2.14. The largest absolute Gasteiger partial charge is 0.493 e. The fourth-order valence-corrected chi connectivity index (χ4v) is 3.70. The molecule has 0 radical (unpaired) electrons. The maximum atomic E-state index is 12.9. The zero-order chi connectivity index (χ0) is 19.9. The van der Waals surface area contributed by atoms with Crippen LogP contribution in [0.25, 0.3) is 6.08 Å². The molecule has 1 aliphatic heterocycles. The Kier molecular flexibility index (Phi) is 6.73. The number of nitrogens with zero attached hydrogens (tertiary/aromatic N) is 2. The number of hydrogen-bond acceptors (Lipinski definition) is 6. The second kappa shape index (κ2) is 9.43. The number of amidine groups is 1. The van der Waals surface area contributed by atoms with Crippen LogP contribution in [0.5, 0.6) is 11.5 Å². The topological polar surface area (TPSA) is 60.4 Å². The molecule has 0 spiro atoms. The molecule has 2 aromatic rings. The molecule has 0 N–H and O–H groups in total. The van der Waals surface area contributed by atoms with Gasteiger partial charge in [0.15, 0.2) is 16.7 Å². The molecule has 0 unspecified atom stereocenters. The van der Waals surface area contributed by atoms with Crippen molar-refractivity contribution in [3.8, 4) is 11.5 Å². The van der Waals surface area contributed by atoms with E-state index in [2.05, 4.69) is 4.99 Å². The van der Waals surface area contributed by atoms with Crippen LogP contribution in [0.2, 0.25) is 0 Å². The van der Waals surface area contributed by atoms with Gasteiger partial charge in [0.25, 0.3) is 5.91 Å². The number of para-hydroxylation sites is 1. The molecular weight excluding hydrogens is 376 g/mol. The van der Waals surface area contributed by atoms with E-state index < -0.39 is 0 Å². The van der Waals surface area contributed by atoms with Gasteiger partial charge in [0.1, 0.15) is 0 Å². The first-order valence-electron chi connectivity index (χ1n) is 8.72. The third kappa shape index (κ3) is 4.55. The first-order valence-corrected chi connectivity index (χ1v) is 9.54. The standard InChI is InChI=1S/C21H22N2O4S/c1-25-12-11-23-20(24)19(28-21(23)22-16-7-5-4-6-8-16)14-15-9-10-17(26-2)18(13-15)27-3/h4-10,13-14H,11-12H2,1-3H3. The van der Waals surface area contributed by atoms with E-state index in [1.165, 1.54) is 11.8 Å². The molecule has 3 rings (SSSR count). The predicted molar refractivity (Wildman–Crippen MR) is 112 cm³/mol. The first kappa shape index (κ1) is 20.0. The van der Waals surface area contributed by atoms with Gasteiger partial charge in [-0.05, 0) is 47.7 Å².